The van der Waals surface area contributed by atoms with Gasteiger partial charge in [0.1, 0.15) is 5.82 Å². The fourth-order valence-corrected chi connectivity index (χ4v) is 2.77. The van der Waals surface area contributed by atoms with E-state index in [2.05, 4.69) is 14.5 Å². The minimum absolute atomic E-state index is 0.147. The SMILES string of the molecule is Nc1ncccc1-c1cncn1C1CCC(O)CC1. The molecule has 1 aliphatic carbocycles. The molecule has 0 amide bonds. The molecule has 0 aliphatic heterocycles. The third-order valence-corrected chi connectivity index (χ3v) is 3.84. The number of hydrogen-bond acceptors (Lipinski definition) is 4. The lowest BCUT2D eigenvalue weighted by Gasteiger charge is -2.27. The van der Waals surface area contributed by atoms with Crippen LogP contribution in [0.1, 0.15) is 31.7 Å². The third kappa shape index (κ3) is 2.33. The van der Waals surface area contributed by atoms with Gasteiger partial charge in [-0.25, -0.2) is 9.97 Å². The Kier molecular flexibility index (Phi) is 3.21. The van der Waals surface area contributed by atoms with Crippen molar-refractivity contribution in [3.05, 3.63) is 30.9 Å². The number of pyridine rings is 1. The van der Waals surface area contributed by atoms with E-state index in [1.54, 1.807) is 6.20 Å². The molecule has 1 fully saturated rings. The minimum atomic E-state index is -0.147. The lowest BCUT2D eigenvalue weighted by molar-refractivity contribution is 0.111. The molecule has 2 aromatic heterocycles. The zero-order chi connectivity index (χ0) is 13.2. The Bertz CT molecular complexity index is 558. The Hall–Kier alpha value is -1.88. The molecule has 0 saturated heterocycles. The van der Waals surface area contributed by atoms with Crippen molar-refractivity contribution in [1.82, 2.24) is 14.5 Å². The van der Waals surface area contributed by atoms with E-state index in [9.17, 15) is 5.11 Å². The Morgan fingerprint density at radius 3 is 2.79 bits per heavy atom. The number of aliphatic hydroxyl groups excluding tert-OH is 1. The van der Waals surface area contributed by atoms with Crippen LogP contribution in [0.4, 0.5) is 5.82 Å². The lowest BCUT2D eigenvalue weighted by atomic mass is 9.92. The van der Waals surface area contributed by atoms with Crippen LogP contribution in [0, 0.1) is 0 Å². The van der Waals surface area contributed by atoms with Gasteiger partial charge in [-0.1, -0.05) is 0 Å². The molecule has 2 aromatic rings. The summed E-state index contributed by atoms with van der Waals surface area (Å²) in [6, 6.07) is 4.24. The Labute approximate surface area is 112 Å². The summed E-state index contributed by atoms with van der Waals surface area (Å²) < 4.78 is 2.17. The van der Waals surface area contributed by atoms with Gasteiger partial charge in [0.15, 0.2) is 0 Å². The first-order valence-electron chi connectivity index (χ1n) is 6.66. The van der Waals surface area contributed by atoms with Crippen molar-refractivity contribution in [1.29, 1.82) is 0 Å². The highest BCUT2D eigenvalue weighted by Crippen LogP contribution is 2.33. The highest BCUT2D eigenvalue weighted by atomic mass is 16.3. The van der Waals surface area contributed by atoms with Gasteiger partial charge in [-0.3, -0.25) is 0 Å². The van der Waals surface area contributed by atoms with Gasteiger partial charge in [0.2, 0.25) is 0 Å². The molecule has 0 spiro atoms. The van der Waals surface area contributed by atoms with E-state index in [-0.39, 0.29) is 6.10 Å². The number of aromatic nitrogens is 3. The molecule has 19 heavy (non-hydrogen) atoms. The quantitative estimate of drug-likeness (QED) is 0.863. The van der Waals surface area contributed by atoms with Crippen molar-refractivity contribution in [2.24, 2.45) is 0 Å². The van der Waals surface area contributed by atoms with E-state index in [4.69, 9.17) is 5.73 Å². The molecule has 3 N–H and O–H groups in total. The smallest absolute Gasteiger partial charge is 0.132 e. The van der Waals surface area contributed by atoms with Gasteiger partial charge in [-0.15, -0.1) is 0 Å². The number of rotatable bonds is 2. The molecule has 0 unspecified atom stereocenters. The van der Waals surface area contributed by atoms with Crippen LogP contribution in [0.3, 0.4) is 0 Å². The monoisotopic (exact) mass is 258 g/mol. The molecule has 1 saturated carbocycles. The maximum atomic E-state index is 9.60. The molecule has 0 radical (unpaired) electrons. The summed E-state index contributed by atoms with van der Waals surface area (Å²) in [4.78, 5) is 8.38. The van der Waals surface area contributed by atoms with E-state index < -0.39 is 0 Å². The molecule has 0 atom stereocenters. The van der Waals surface area contributed by atoms with Crippen LogP contribution >= 0.6 is 0 Å². The van der Waals surface area contributed by atoms with Crippen LogP contribution in [-0.2, 0) is 0 Å². The van der Waals surface area contributed by atoms with Crippen molar-refractivity contribution >= 4 is 5.82 Å². The molecule has 1 aliphatic rings. The first-order valence-corrected chi connectivity index (χ1v) is 6.66. The summed E-state index contributed by atoms with van der Waals surface area (Å²) in [7, 11) is 0. The Morgan fingerprint density at radius 1 is 1.26 bits per heavy atom. The zero-order valence-electron chi connectivity index (χ0n) is 10.7. The number of nitrogens with two attached hydrogens (primary N) is 1. The van der Waals surface area contributed by atoms with Gasteiger partial charge in [0, 0.05) is 17.8 Å². The van der Waals surface area contributed by atoms with E-state index in [0.29, 0.717) is 11.9 Å². The van der Waals surface area contributed by atoms with Crippen molar-refractivity contribution in [3.63, 3.8) is 0 Å². The topological polar surface area (TPSA) is 77.0 Å². The second kappa shape index (κ2) is 5.01. The molecule has 2 heterocycles. The molecular formula is C14H18N4O. The highest BCUT2D eigenvalue weighted by Gasteiger charge is 2.23. The largest absolute Gasteiger partial charge is 0.393 e. The summed E-state index contributed by atoms with van der Waals surface area (Å²) >= 11 is 0. The Balaban J connectivity index is 1.93. The maximum absolute atomic E-state index is 9.60. The van der Waals surface area contributed by atoms with E-state index in [1.807, 2.05) is 24.7 Å². The van der Waals surface area contributed by atoms with Gasteiger partial charge in [0.05, 0.1) is 24.3 Å². The number of imidazole rings is 1. The average molecular weight is 258 g/mol. The summed E-state index contributed by atoms with van der Waals surface area (Å²) in [5.74, 6) is 0.528. The average Bonchev–Trinajstić information content (AvgIpc) is 2.89. The fraction of sp³-hybridized carbons (Fsp3) is 0.429. The van der Waals surface area contributed by atoms with Crippen LogP contribution in [-0.4, -0.2) is 25.7 Å². The number of nitrogens with zero attached hydrogens (tertiary/aromatic N) is 3. The van der Waals surface area contributed by atoms with Crippen LogP contribution < -0.4 is 5.73 Å². The van der Waals surface area contributed by atoms with E-state index in [0.717, 1.165) is 36.9 Å². The number of nitrogen functional groups attached to an aromatic ring is 1. The second-order valence-corrected chi connectivity index (χ2v) is 5.08. The van der Waals surface area contributed by atoms with E-state index in [1.165, 1.54) is 0 Å². The van der Waals surface area contributed by atoms with Crippen molar-refractivity contribution in [3.8, 4) is 11.3 Å². The zero-order valence-corrected chi connectivity index (χ0v) is 10.7. The third-order valence-electron chi connectivity index (χ3n) is 3.84. The summed E-state index contributed by atoms with van der Waals surface area (Å²) in [5, 5.41) is 9.60. The molecule has 3 rings (SSSR count). The summed E-state index contributed by atoms with van der Waals surface area (Å²) in [6.07, 6.45) is 8.89. The lowest BCUT2D eigenvalue weighted by Crippen LogP contribution is -2.21. The van der Waals surface area contributed by atoms with Gasteiger partial charge >= 0.3 is 0 Å². The minimum Gasteiger partial charge on any atom is -0.393 e. The van der Waals surface area contributed by atoms with Gasteiger partial charge in [0.25, 0.3) is 0 Å². The number of hydrogen-bond donors (Lipinski definition) is 2. The predicted molar refractivity (Wildman–Crippen MR) is 73.4 cm³/mol. The maximum Gasteiger partial charge on any atom is 0.132 e. The normalized spacial score (nSPS) is 23.4. The predicted octanol–water partition coefficient (Wildman–Crippen LogP) is 2.00. The molecule has 5 heteroatoms. The van der Waals surface area contributed by atoms with Crippen LogP contribution in [0.5, 0.6) is 0 Å². The molecule has 0 bridgehead atoms. The Morgan fingerprint density at radius 2 is 2.05 bits per heavy atom. The van der Waals surface area contributed by atoms with Crippen molar-refractivity contribution in [2.75, 3.05) is 5.73 Å². The van der Waals surface area contributed by atoms with Crippen LogP contribution in [0.15, 0.2) is 30.9 Å². The summed E-state index contributed by atoms with van der Waals surface area (Å²) in [5.41, 5.74) is 7.87. The van der Waals surface area contributed by atoms with Crippen LogP contribution in [0.25, 0.3) is 11.3 Å². The number of aliphatic hydroxyl groups is 1. The van der Waals surface area contributed by atoms with Gasteiger partial charge in [-0.05, 0) is 37.8 Å². The molecule has 0 aromatic carbocycles. The molecule has 100 valence electrons. The van der Waals surface area contributed by atoms with Gasteiger partial charge in [-0.2, -0.15) is 0 Å². The summed E-state index contributed by atoms with van der Waals surface area (Å²) in [6.45, 7) is 0. The van der Waals surface area contributed by atoms with Crippen molar-refractivity contribution < 1.29 is 5.11 Å². The van der Waals surface area contributed by atoms with Crippen molar-refractivity contribution in [2.45, 2.75) is 37.8 Å². The first kappa shape index (κ1) is 12.2. The molecule has 5 nitrogen and oxygen atoms in total. The number of anilines is 1. The van der Waals surface area contributed by atoms with Crippen LogP contribution in [0.2, 0.25) is 0 Å². The second-order valence-electron chi connectivity index (χ2n) is 5.08. The first-order chi connectivity index (χ1) is 9.25. The van der Waals surface area contributed by atoms with Gasteiger partial charge < -0.3 is 15.4 Å². The van der Waals surface area contributed by atoms with E-state index >= 15 is 0 Å². The highest BCUT2D eigenvalue weighted by molar-refractivity contribution is 5.70. The standard InChI is InChI=1S/C14H18N4O/c15-14-12(2-1-7-17-14)13-8-16-9-18(13)10-3-5-11(19)6-4-10/h1-2,7-11,19H,3-6H2,(H2,15,17). The fourth-order valence-electron chi connectivity index (χ4n) is 2.77. The molecular weight excluding hydrogens is 240 g/mol.